The van der Waals surface area contributed by atoms with Crippen LogP contribution in [-0.4, -0.2) is 55.8 Å². The fourth-order valence-electron chi connectivity index (χ4n) is 3.79. The maximum atomic E-state index is 12.6. The molecule has 0 unspecified atom stereocenters. The van der Waals surface area contributed by atoms with Gasteiger partial charge in [-0.1, -0.05) is 12.1 Å². The molecule has 10 nitrogen and oxygen atoms in total. The van der Waals surface area contributed by atoms with Crippen molar-refractivity contribution in [2.24, 2.45) is 7.05 Å². The summed E-state index contributed by atoms with van der Waals surface area (Å²) in [4.78, 5) is 39.5. The summed E-state index contributed by atoms with van der Waals surface area (Å²) in [6.07, 6.45) is 3.81. The molecule has 3 aromatic rings. The van der Waals surface area contributed by atoms with E-state index in [1.165, 1.54) is 17.0 Å². The summed E-state index contributed by atoms with van der Waals surface area (Å²) in [6, 6.07) is 10.6. The number of benzene rings is 1. The summed E-state index contributed by atoms with van der Waals surface area (Å²) >= 11 is 0. The molecule has 5 rings (SSSR count). The van der Waals surface area contributed by atoms with E-state index >= 15 is 0 Å². The largest absolute Gasteiger partial charge is 0.380 e. The van der Waals surface area contributed by atoms with Crippen molar-refractivity contribution in [1.82, 2.24) is 19.5 Å². The van der Waals surface area contributed by atoms with Gasteiger partial charge in [-0.15, -0.1) is 0 Å². The molecule has 2 fully saturated rings. The van der Waals surface area contributed by atoms with Crippen LogP contribution in [0.25, 0.3) is 11.4 Å². The van der Waals surface area contributed by atoms with Gasteiger partial charge in [0, 0.05) is 31.5 Å². The summed E-state index contributed by atoms with van der Waals surface area (Å²) in [5.41, 5.74) is 1.26. The maximum absolute atomic E-state index is 12.6. The average molecular weight is 448 g/mol. The maximum Gasteiger partial charge on any atom is 0.256 e. The molecular formula is C23H24N6O4. The van der Waals surface area contributed by atoms with Crippen molar-refractivity contribution < 1.29 is 14.6 Å². The van der Waals surface area contributed by atoms with Gasteiger partial charge in [0.25, 0.3) is 11.5 Å². The Labute approximate surface area is 189 Å². The van der Waals surface area contributed by atoms with Gasteiger partial charge in [-0.3, -0.25) is 14.2 Å². The van der Waals surface area contributed by atoms with E-state index in [0.717, 1.165) is 5.56 Å². The molecule has 1 atom stereocenters. The fourth-order valence-corrected chi connectivity index (χ4v) is 3.79. The van der Waals surface area contributed by atoms with Gasteiger partial charge in [-0.05, 0) is 36.6 Å². The number of ether oxygens (including phenoxy) is 1. The van der Waals surface area contributed by atoms with Gasteiger partial charge in [0.1, 0.15) is 18.0 Å². The molecule has 0 spiro atoms. The molecule has 10 heteroatoms. The number of anilines is 2. The second-order valence-electron chi connectivity index (χ2n) is 8.35. The summed E-state index contributed by atoms with van der Waals surface area (Å²) < 4.78 is 7.50. The monoisotopic (exact) mass is 448 g/mol. The molecule has 0 bridgehead atoms. The first-order chi connectivity index (χ1) is 15.9. The van der Waals surface area contributed by atoms with Crippen molar-refractivity contribution >= 4 is 17.5 Å². The molecule has 2 N–H and O–H groups in total. The van der Waals surface area contributed by atoms with Crippen LogP contribution in [0.4, 0.5) is 11.6 Å². The highest BCUT2D eigenvalue weighted by atomic mass is 16.5. The summed E-state index contributed by atoms with van der Waals surface area (Å²) in [6.45, 7) is 1.58. The zero-order chi connectivity index (χ0) is 23.0. The van der Waals surface area contributed by atoms with Crippen LogP contribution in [0.2, 0.25) is 0 Å². The Morgan fingerprint density at radius 3 is 2.70 bits per heavy atom. The number of aliphatic hydroxyl groups is 1. The lowest BCUT2D eigenvalue weighted by Gasteiger charge is -2.34. The molecule has 2 aliphatic rings. The van der Waals surface area contributed by atoms with Crippen molar-refractivity contribution in [2.45, 2.75) is 24.5 Å². The molecule has 1 saturated heterocycles. The molecule has 2 aromatic heterocycles. The molecule has 1 aliphatic carbocycles. The first-order valence-electron chi connectivity index (χ1n) is 10.8. The molecule has 0 radical (unpaired) electrons. The molecular weight excluding hydrogens is 424 g/mol. The highest BCUT2D eigenvalue weighted by Gasteiger charge is 2.48. The van der Waals surface area contributed by atoms with Crippen molar-refractivity contribution in [1.29, 1.82) is 0 Å². The predicted octanol–water partition coefficient (Wildman–Crippen LogP) is 1.28. The van der Waals surface area contributed by atoms with E-state index in [9.17, 15) is 14.7 Å². The Hall–Kier alpha value is -3.63. The second kappa shape index (κ2) is 8.38. The van der Waals surface area contributed by atoms with E-state index in [-0.39, 0.29) is 17.6 Å². The number of hydrogen-bond donors (Lipinski definition) is 2. The van der Waals surface area contributed by atoms with Crippen LogP contribution in [0.15, 0.2) is 53.7 Å². The van der Waals surface area contributed by atoms with Crippen LogP contribution < -0.4 is 15.8 Å². The van der Waals surface area contributed by atoms with Crippen molar-refractivity contribution in [3.8, 4) is 11.4 Å². The number of carbonyl (C=O) groups excluding carboxylic acids is 1. The molecule has 1 amide bonds. The van der Waals surface area contributed by atoms with E-state index in [4.69, 9.17) is 9.72 Å². The number of hydrogen-bond acceptors (Lipinski definition) is 8. The zero-order valence-electron chi connectivity index (χ0n) is 18.1. The minimum atomic E-state index is -1.21. The highest BCUT2D eigenvalue weighted by molar-refractivity contribution is 5.99. The Morgan fingerprint density at radius 1 is 1.21 bits per heavy atom. The van der Waals surface area contributed by atoms with E-state index in [0.29, 0.717) is 55.6 Å². The Balaban J connectivity index is 1.34. The van der Waals surface area contributed by atoms with Crippen LogP contribution in [0.5, 0.6) is 0 Å². The third-order valence-corrected chi connectivity index (χ3v) is 5.99. The number of nitrogens with zero attached hydrogens (tertiary/aromatic N) is 5. The van der Waals surface area contributed by atoms with Gasteiger partial charge < -0.3 is 20.1 Å². The van der Waals surface area contributed by atoms with Gasteiger partial charge in [-0.2, -0.15) is 0 Å². The number of morpholine rings is 1. The lowest BCUT2D eigenvalue weighted by Crippen LogP contribution is -2.41. The van der Waals surface area contributed by atoms with Gasteiger partial charge >= 0.3 is 0 Å². The molecule has 33 heavy (non-hydrogen) atoms. The second-order valence-corrected chi connectivity index (χ2v) is 8.35. The van der Waals surface area contributed by atoms with Crippen LogP contribution in [0.1, 0.15) is 24.5 Å². The van der Waals surface area contributed by atoms with Crippen LogP contribution in [0, 0.1) is 0 Å². The van der Waals surface area contributed by atoms with Gasteiger partial charge in [0.15, 0.2) is 0 Å². The van der Waals surface area contributed by atoms with Gasteiger partial charge in [0.2, 0.25) is 5.95 Å². The van der Waals surface area contributed by atoms with E-state index in [1.54, 1.807) is 31.4 Å². The number of aromatic nitrogens is 4. The summed E-state index contributed by atoms with van der Waals surface area (Å²) in [5.74, 6) is 0.178. The molecule has 3 heterocycles. The minimum absolute atomic E-state index is 0.172. The Morgan fingerprint density at radius 2 is 2.00 bits per heavy atom. The lowest BCUT2D eigenvalue weighted by molar-refractivity contribution is -0.125. The SMILES string of the molecule is Cn1c(N2CCO[C@@H](c3ccc(NC(=O)C4(O)CC4)cc3)C2)nc(-c2ccncn2)cc1=O. The van der Waals surface area contributed by atoms with Crippen LogP contribution in [-0.2, 0) is 16.6 Å². The zero-order valence-corrected chi connectivity index (χ0v) is 18.1. The number of nitrogens with one attached hydrogen (secondary N) is 1. The third kappa shape index (κ3) is 4.35. The van der Waals surface area contributed by atoms with Crippen molar-refractivity contribution in [2.75, 3.05) is 29.9 Å². The highest BCUT2D eigenvalue weighted by Crippen LogP contribution is 2.36. The number of amides is 1. The molecule has 1 aromatic carbocycles. The minimum Gasteiger partial charge on any atom is -0.380 e. The van der Waals surface area contributed by atoms with Gasteiger partial charge in [0.05, 0.1) is 24.5 Å². The third-order valence-electron chi connectivity index (χ3n) is 5.99. The van der Waals surface area contributed by atoms with Gasteiger partial charge in [-0.25, -0.2) is 15.0 Å². The summed E-state index contributed by atoms with van der Waals surface area (Å²) in [7, 11) is 1.70. The fraction of sp³-hybridized carbons (Fsp3) is 0.348. The Bertz CT molecular complexity index is 1220. The van der Waals surface area contributed by atoms with Crippen molar-refractivity contribution in [3.63, 3.8) is 0 Å². The summed E-state index contributed by atoms with van der Waals surface area (Å²) in [5, 5.41) is 12.7. The molecule has 1 saturated carbocycles. The van der Waals surface area contributed by atoms with Crippen molar-refractivity contribution in [3.05, 3.63) is 64.8 Å². The topological polar surface area (TPSA) is 122 Å². The van der Waals surface area contributed by atoms with Crippen LogP contribution >= 0.6 is 0 Å². The normalized spacial score (nSPS) is 19.2. The first-order valence-corrected chi connectivity index (χ1v) is 10.8. The van der Waals surface area contributed by atoms with E-state index in [2.05, 4.69) is 15.3 Å². The lowest BCUT2D eigenvalue weighted by atomic mass is 10.1. The predicted molar refractivity (Wildman–Crippen MR) is 121 cm³/mol. The smallest absolute Gasteiger partial charge is 0.256 e. The number of carbonyl (C=O) groups is 1. The van der Waals surface area contributed by atoms with Crippen LogP contribution in [0.3, 0.4) is 0 Å². The average Bonchev–Trinajstić information content (AvgIpc) is 3.60. The first kappa shape index (κ1) is 21.2. The van der Waals surface area contributed by atoms with E-state index in [1.807, 2.05) is 17.0 Å². The van der Waals surface area contributed by atoms with E-state index < -0.39 is 5.60 Å². The number of rotatable bonds is 5. The molecule has 170 valence electrons. The Kier molecular flexibility index (Phi) is 5.39. The standard InChI is InChI=1S/C23H24N6O4/c1-28-20(30)12-18(17-6-9-24-14-25-17)27-22(28)29-10-11-33-19(13-29)15-2-4-16(5-3-15)26-21(31)23(32)7-8-23/h2-6,9,12,14,19,32H,7-8,10-11,13H2,1H3,(H,26,31)/t19-/m1/s1. The molecule has 1 aliphatic heterocycles. The quantitative estimate of drug-likeness (QED) is 0.599.